The van der Waals surface area contributed by atoms with E-state index in [1.807, 2.05) is 4.90 Å². The van der Waals surface area contributed by atoms with Crippen molar-refractivity contribution in [1.29, 1.82) is 0 Å². The van der Waals surface area contributed by atoms with Gasteiger partial charge < -0.3 is 15.1 Å². The van der Waals surface area contributed by atoms with Crippen LogP contribution in [0.15, 0.2) is 42.5 Å². The van der Waals surface area contributed by atoms with Gasteiger partial charge in [0, 0.05) is 50.4 Å². The Morgan fingerprint density at radius 1 is 1.03 bits per heavy atom. The van der Waals surface area contributed by atoms with E-state index in [2.05, 4.69) is 24.1 Å². The SMILES string of the molecule is CC(C)N1CC(CNC(=O)N2CCN(c3ccc(F)cc3)c3cc(F)ccc32)C1. The van der Waals surface area contributed by atoms with Gasteiger partial charge in [0.05, 0.1) is 11.4 Å². The molecule has 0 unspecified atom stereocenters. The summed E-state index contributed by atoms with van der Waals surface area (Å²) in [5.41, 5.74) is 2.02. The molecule has 4 rings (SSSR count). The number of benzene rings is 2. The van der Waals surface area contributed by atoms with Gasteiger partial charge in [-0.3, -0.25) is 4.90 Å². The van der Waals surface area contributed by atoms with Gasteiger partial charge in [0.25, 0.3) is 0 Å². The fourth-order valence-electron chi connectivity index (χ4n) is 3.97. The van der Waals surface area contributed by atoms with E-state index in [-0.39, 0.29) is 17.7 Å². The molecule has 0 bridgehead atoms. The van der Waals surface area contributed by atoms with Crippen molar-refractivity contribution < 1.29 is 13.6 Å². The molecular weight excluding hydrogens is 374 g/mol. The van der Waals surface area contributed by atoms with Gasteiger partial charge in [-0.05, 0) is 56.3 Å². The molecule has 2 amide bonds. The number of rotatable bonds is 4. The summed E-state index contributed by atoms with van der Waals surface area (Å²) >= 11 is 0. The van der Waals surface area contributed by atoms with E-state index in [4.69, 9.17) is 0 Å². The lowest BCUT2D eigenvalue weighted by molar-refractivity contribution is 0.0692. The number of hydrogen-bond donors (Lipinski definition) is 1. The largest absolute Gasteiger partial charge is 0.338 e. The van der Waals surface area contributed by atoms with Gasteiger partial charge in [0.1, 0.15) is 11.6 Å². The van der Waals surface area contributed by atoms with Crippen LogP contribution in [0.1, 0.15) is 13.8 Å². The monoisotopic (exact) mass is 400 g/mol. The van der Waals surface area contributed by atoms with Crippen molar-refractivity contribution in [1.82, 2.24) is 10.2 Å². The molecule has 1 saturated heterocycles. The Morgan fingerprint density at radius 2 is 1.72 bits per heavy atom. The quantitative estimate of drug-likeness (QED) is 0.844. The van der Waals surface area contributed by atoms with Gasteiger partial charge in [0.2, 0.25) is 0 Å². The molecule has 1 N–H and O–H groups in total. The molecule has 0 aromatic heterocycles. The zero-order valence-corrected chi connectivity index (χ0v) is 16.7. The minimum atomic E-state index is -0.374. The van der Waals surface area contributed by atoms with E-state index in [0.29, 0.717) is 43.0 Å². The summed E-state index contributed by atoms with van der Waals surface area (Å²) in [6.07, 6.45) is 0. The molecule has 0 radical (unpaired) electrons. The Bertz CT molecular complexity index is 881. The predicted octanol–water partition coefficient (Wildman–Crippen LogP) is 3.97. The molecule has 2 aliphatic heterocycles. The number of carbonyl (C=O) groups is 1. The number of carbonyl (C=O) groups excluding carboxylic acids is 1. The molecule has 2 aliphatic rings. The van der Waals surface area contributed by atoms with Crippen LogP contribution in [0.4, 0.5) is 30.6 Å². The van der Waals surface area contributed by atoms with E-state index >= 15 is 0 Å². The summed E-state index contributed by atoms with van der Waals surface area (Å²) in [6, 6.07) is 10.9. The van der Waals surface area contributed by atoms with Gasteiger partial charge >= 0.3 is 6.03 Å². The van der Waals surface area contributed by atoms with Gasteiger partial charge in [-0.2, -0.15) is 0 Å². The highest BCUT2D eigenvalue weighted by Crippen LogP contribution is 2.38. The molecule has 0 spiro atoms. The third kappa shape index (κ3) is 4.05. The van der Waals surface area contributed by atoms with Crippen LogP contribution in [0.5, 0.6) is 0 Å². The van der Waals surface area contributed by atoms with E-state index in [1.165, 1.54) is 24.3 Å². The Labute approximate surface area is 169 Å². The number of halogens is 2. The second-order valence-electron chi connectivity index (χ2n) is 8.01. The first-order valence-electron chi connectivity index (χ1n) is 10.0. The van der Waals surface area contributed by atoms with Crippen molar-refractivity contribution in [2.75, 3.05) is 42.5 Å². The lowest BCUT2D eigenvalue weighted by atomic mass is 9.98. The van der Waals surface area contributed by atoms with Crippen LogP contribution in [0.25, 0.3) is 0 Å². The number of likely N-dealkylation sites (tertiary alicyclic amines) is 1. The lowest BCUT2D eigenvalue weighted by Gasteiger charge is -2.42. The zero-order valence-electron chi connectivity index (χ0n) is 16.7. The standard InChI is InChI=1S/C22H26F2N4O/c1-15(2)26-13-16(14-26)12-25-22(29)28-10-9-27(19-6-3-17(23)4-7-19)21-11-18(24)5-8-20(21)28/h3-8,11,15-16H,9-10,12-14H2,1-2H3,(H,25,29). The molecule has 29 heavy (non-hydrogen) atoms. The van der Waals surface area contributed by atoms with Crippen molar-refractivity contribution in [3.63, 3.8) is 0 Å². The smallest absolute Gasteiger partial charge is 0.322 e. The van der Waals surface area contributed by atoms with Gasteiger partial charge in [0.15, 0.2) is 0 Å². The summed E-state index contributed by atoms with van der Waals surface area (Å²) < 4.78 is 27.3. The number of anilines is 3. The van der Waals surface area contributed by atoms with Crippen molar-refractivity contribution in [3.05, 3.63) is 54.1 Å². The second-order valence-corrected chi connectivity index (χ2v) is 8.01. The highest BCUT2D eigenvalue weighted by molar-refractivity contribution is 5.97. The highest BCUT2D eigenvalue weighted by atomic mass is 19.1. The van der Waals surface area contributed by atoms with Gasteiger partial charge in [-0.15, -0.1) is 0 Å². The molecule has 0 aliphatic carbocycles. The molecule has 5 nitrogen and oxygen atoms in total. The average molecular weight is 400 g/mol. The third-order valence-corrected chi connectivity index (χ3v) is 5.71. The minimum Gasteiger partial charge on any atom is -0.338 e. The van der Waals surface area contributed by atoms with E-state index in [0.717, 1.165) is 18.8 Å². The number of hydrogen-bond acceptors (Lipinski definition) is 3. The molecular formula is C22H26F2N4O. The third-order valence-electron chi connectivity index (χ3n) is 5.71. The maximum absolute atomic E-state index is 14.0. The van der Waals surface area contributed by atoms with Crippen molar-refractivity contribution in [2.24, 2.45) is 5.92 Å². The fourth-order valence-corrected chi connectivity index (χ4v) is 3.97. The van der Waals surface area contributed by atoms with Crippen LogP contribution >= 0.6 is 0 Å². The van der Waals surface area contributed by atoms with Crippen molar-refractivity contribution >= 4 is 23.1 Å². The number of fused-ring (bicyclic) bond motifs is 1. The van der Waals surface area contributed by atoms with E-state index < -0.39 is 0 Å². The van der Waals surface area contributed by atoms with E-state index in [1.54, 1.807) is 23.1 Å². The first-order valence-corrected chi connectivity index (χ1v) is 10.0. The molecule has 1 fully saturated rings. The number of nitrogens with one attached hydrogen (secondary N) is 1. The Balaban J connectivity index is 1.48. The van der Waals surface area contributed by atoms with Crippen LogP contribution in [-0.4, -0.2) is 49.7 Å². The number of urea groups is 1. The van der Waals surface area contributed by atoms with Crippen molar-refractivity contribution in [2.45, 2.75) is 19.9 Å². The van der Waals surface area contributed by atoms with Crippen LogP contribution in [0.2, 0.25) is 0 Å². The first-order chi connectivity index (χ1) is 13.9. The number of nitrogens with zero attached hydrogens (tertiary/aromatic N) is 3. The van der Waals surface area contributed by atoms with Crippen LogP contribution in [0.3, 0.4) is 0 Å². The van der Waals surface area contributed by atoms with Crippen LogP contribution < -0.4 is 15.1 Å². The summed E-state index contributed by atoms with van der Waals surface area (Å²) in [7, 11) is 0. The molecule has 2 aromatic rings. The maximum atomic E-state index is 14.0. The lowest BCUT2D eigenvalue weighted by Crippen LogP contribution is -2.55. The van der Waals surface area contributed by atoms with Crippen molar-refractivity contribution in [3.8, 4) is 0 Å². The molecule has 154 valence electrons. The normalized spacial score (nSPS) is 17.3. The first kappa shape index (κ1) is 19.6. The Morgan fingerprint density at radius 3 is 2.41 bits per heavy atom. The summed E-state index contributed by atoms with van der Waals surface area (Å²) in [4.78, 5) is 18.8. The van der Waals surface area contributed by atoms with E-state index in [9.17, 15) is 13.6 Å². The molecule has 0 saturated carbocycles. The number of amides is 2. The summed E-state index contributed by atoms with van der Waals surface area (Å²) in [5, 5.41) is 3.03. The Hall–Kier alpha value is -2.67. The minimum absolute atomic E-state index is 0.167. The fraction of sp³-hybridized carbons (Fsp3) is 0.409. The topological polar surface area (TPSA) is 38.8 Å². The average Bonchev–Trinajstić information content (AvgIpc) is 2.66. The second kappa shape index (κ2) is 7.99. The van der Waals surface area contributed by atoms with Gasteiger partial charge in [-0.25, -0.2) is 13.6 Å². The van der Waals surface area contributed by atoms with Crippen LogP contribution in [-0.2, 0) is 0 Å². The summed E-state index contributed by atoms with van der Waals surface area (Å²) in [5.74, 6) is -0.228. The summed E-state index contributed by atoms with van der Waals surface area (Å²) in [6.45, 7) is 7.94. The van der Waals surface area contributed by atoms with Gasteiger partial charge in [-0.1, -0.05) is 0 Å². The molecule has 2 heterocycles. The molecule has 0 atom stereocenters. The maximum Gasteiger partial charge on any atom is 0.322 e. The predicted molar refractivity (Wildman–Crippen MR) is 111 cm³/mol. The molecule has 7 heteroatoms. The Kier molecular flexibility index (Phi) is 5.41. The van der Waals surface area contributed by atoms with Crippen LogP contribution in [0, 0.1) is 17.6 Å². The zero-order chi connectivity index (χ0) is 20.5. The highest BCUT2D eigenvalue weighted by Gasteiger charge is 2.31. The molecule has 2 aromatic carbocycles.